The first-order valence-corrected chi connectivity index (χ1v) is 5.01. The molecule has 0 aliphatic rings. The Balaban J connectivity index is 3.24. The van der Waals surface area contributed by atoms with Gasteiger partial charge in [-0.3, -0.25) is 4.79 Å². The fraction of sp³-hybridized carbons (Fsp3) is 0.273. The van der Waals surface area contributed by atoms with Gasteiger partial charge < -0.3 is 9.47 Å². The van der Waals surface area contributed by atoms with Crippen molar-refractivity contribution in [2.75, 3.05) is 13.7 Å². The number of carbonyl (C=O) groups is 2. The second-order valence-electron chi connectivity index (χ2n) is 2.91. The Bertz CT molecular complexity index is 415. The first-order chi connectivity index (χ1) is 7.63. The number of methoxy groups -OCH3 is 1. The van der Waals surface area contributed by atoms with Crippen LogP contribution in [0.3, 0.4) is 0 Å². The van der Waals surface area contributed by atoms with Gasteiger partial charge in [-0.25, -0.2) is 4.79 Å². The first kappa shape index (κ1) is 12.5. The van der Waals surface area contributed by atoms with Crippen LogP contribution < -0.4 is 4.74 Å². The summed E-state index contributed by atoms with van der Waals surface area (Å²) in [4.78, 5) is 22.3. The van der Waals surface area contributed by atoms with Crippen molar-refractivity contribution in [2.45, 2.75) is 6.92 Å². The van der Waals surface area contributed by atoms with E-state index in [9.17, 15) is 9.59 Å². The van der Waals surface area contributed by atoms with Crippen LogP contribution in [0.1, 0.15) is 27.6 Å². The van der Waals surface area contributed by atoms with E-state index in [1.807, 2.05) is 0 Å². The number of hydrogen-bond acceptors (Lipinski definition) is 4. The maximum Gasteiger partial charge on any atom is 0.338 e. The third-order valence-corrected chi connectivity index (χ3v) is 2.24. The normalized spacial score (nSPS) is 9.69. The van der Waals surface area contributed by atoms with E-state index in [0.717, 1.165) is 0 Å². The summed E-state index contributed by atoms with van der Waals surface area (Å²) in [6.07, 6.45) is 0.553. The van der Waals surface area contributed by atoms with E-state index >= 15 is 0 Å². The van der Waals surface area contributed by atoms with Crippen LogP contribution in [-0.2, 0) is 4.74 Å². The Morgan fingerprint density at radius 1 is 1.50 bits per heavy atom. The van der Waals surface area contributed by atoms with Gasteiger partial charge in [0.15, 0.2) is 6.29 Å². The third-order valence-electron chi connectivity index (χ3n) is 1.95. The van der Waals surface area contributed by atoms with Crippen LogP contribution in [0.15, 0.2) is 12.1 Å². The molecule has 4 nitrogen and oxygen atoms in total. The minimum Gasteiger partial charge on any atom is -0.495 e. The average molecular weight is 243 g/mol. The molecule has 1 aromatic rings. The van der Waals surface area contributed by atoms with Crippen LogP contribution >= 0.6 is 11.6 Å². The topological polar surface area (TPSA) is 52.6 Å². The van der Waals surface area contributed by atoms with E-state index in [4.69, 9.17) is 21.1 Å². The van der Waals surface area contributed by atoms with Gasteiger partial charge in [-0.2, -0.15) is 0 Å². The third kappa shape index (κ3) is 2.52. The number of aldehydes is 1. The smallest absolute Gasteiger partial charge is 0.338 e. The average Bonchev–Trinajstić information content (AvgIpc) is 2.28. The summed E-state index contributed by atoms with van der Waals surface area (Å²) in [7, 11) is 1.43. The molecule has 5 heteroatoms. The Morgan fingerprint density at radius 2 is 2.19 bits per heavy atom. The Kier molecular flexibility index (Phi) is 4.31. The molecule has 86 valence electrons. The summed E-state index contributed by atoms with van der Waals surface area (Å²) < 4.78 is 9.77. The van der Waals surface area contributed by atoms with E-state index in [0.29, 0.717) is 12.0 Å². The predicted octanol–water partition coefficient (Wildman–Crippen LogP) is 2.34. The van der Waals surface area contributed by atoms with Crippen molar-refractivity contribution < 1.29 is 19.1 Å². The van der Waals surface area contributed by atoms with Crippen LogP contribution in [0.4, 0.5) is 0 Å². The summed E-state index contributed by atoms with van der Waals surface area (Å²) in [5.41, 5.74) is 0.336. The summed E-state index contributed by atoms with van der Waals surface area (Å²) in [5.74, 6) is -0.241. The maximum atomic E-state index is 11.5. The molecule has 0 saturated carbocycles. The lowest BCUT2D eigenvalue weighted by atomic mass is 10.1. The Hall–Kier alpha value is -1.55. The lowest BCUT2D eigenvalue weighted by Crippen LogP contribution is -2.08. The number of carbonyl (C=O) groups excluding carboxylic acids is 2. The zero-order valence-electron chi connectivity index (χ0n) is 8.95. The summed E-state index contributed by atoms with van der Waals surface area (Å²) in [6, 6.07) is 2.77. The lowest BCUT2D eigenvalue weighted by molar-refractivity contribution is 0.0524. The molecule has 0 aliphatic carbocycles. The van der Waals surface area contributed by atoms with Gasteiger partial charge in [0.2, 0.25) is 0 Å². The Morgan fingerprint density at radius 3 is 2.69 bits per heavy atom. The van der Waals surface area contributed by atoms with Crippen LogP contribution in [0.5, 0.6) is 5.75 Å². The zero-order valence-corrected chi connectivity index (χ0v) is 9.71. The van der Waals surface area contributed by atoms with Crippen molar-refractivity contribution in [3.05, 3.63) is 28.3 Å². The van der Waals surface area contributed by atoms with Gasteiger partial charge in [0.25, 0.3) is 0 Å². The monoisotopic (exact) mass is 242 g/mol. The first-order valence-electron chi connectivity index (χ1n) is 4.63. The van der Waals surface area contributed by atoms with Crippen molar-refractivity contribution >= 4 is 23.9 Å². The second kappa shape index (κ2) is 5.51. The fourth-order valence-corrected chi connectivity index (χ4v) is 1.46. The minimum atomic E-state index is -0.570. The highest BCUT2D eigenvalue weighted by atomic mass is 35.5. The summed E-state index contributed by atoms with van der Waals surface area (Å²) >= 11 is 5.83. The van der Waals surface area contributed by atoms with E-state index < -0.39 is 5.97 Å². The number of rotatable bonds is 4. The van der Waals surface area contributed by atoms with Gasteiger partial charge in [-0.05, 0) is 19.1 Å². The molecule has 0 saturated heterocycles. The molecule has 0 spiro atoms. The molecule has 0 heterocycles. The molecule has 0 amide bonds. The van der Waals surface area contributed by atoms with Crippen molar-refractivity contribution in [3.63, 3.8) is 0 Å². The summed E-state index contributed by atoms with van der Waals surface area (Å²) in [5, 5.41) is 0.276. The number of benzene rings is 1. The highest BCUT2D eigenvalue weighted by Gasteiger charge is 2.15. The molecule has 0 fully saturated rings. The van der Waals surface area contributed by atoms with E-state index in [2.05, 4.69) is 0 Å². The lowest BCUT2D eigenvalue weighted by Gasteiger charge is -2.08. The molecule has 0 atom stereocenters. The standard InChI is InChI=1S/C11H11ClO4/c1-3-16-11(14)8-5-10(15-2)9(12)4-7(8)6-13/h4-6H,3H2,1-2H3. The van der Waals surface area contributed by atoms with Gasteiger partial charge in [0.1, 0.15) is 5.75 Å². The fourth-order valence-electron chi connectivity index (χ4n) is 1.21. The summed E-state index contributed by atoms with van der Waals surface area (Å²) in [6.45, 7) is 1.92. The molecule has 0 unspecified atom stereocenters. The molecule has 1 rings (SSSR count). The van der Waals surface area contributed by atoms with Gasteiger partial charge in [-0.1, -0.05) is 11.6 Å². The SMILES string of the molecule is CCOC(=O)c1cc(OC)c(Cl)cc1C=O. The second-order valence-corrected chi connectivity index (χ2v) is 3.32. The zero-order chi connectivity index (χ0) is 12.1. The highest BCUT2D eigenvalue weighted by molar-refractivity contribution is 6.32. The van der Waals surface area contributed by atoms with Crippen molar-refractivity contribution in [1.82, 2.24) is 0 Å². The molecule has 0 radical (unpaired) electrons. The Labute approximate surface area is 98.1 Å². The largest absolute Gasteiger partial charge is 0.495 e. The van der Waals surface area contributed by atoms with Crippen molar-refractivity contribution in [1.29, 1.82) is 0 Å². The van der Waals surface area contributed by atoms with E-state index in [-0.39, 0.29) is 22.8 Å². The number of halogens is 1. The van der Waals surface area contributed by atoms with Crippen molar-refractivity contribution in [2.24, 2.45) is 0 Å². The number of hydrogen-bond donors (Lipinski definition) is 0. The molecule has 0 bridgehead atoms. The van der Waals surface area contributed by atoms with Gasteiger partial charge in [0.05, 0.1) is 24.3 Å². The van der Waals surface area contributed by atoms with Crippen molar-refractivity contribution in [3.8, 4) is 5.75 Å². The van der Waals surface area contributed by atoms with Crippen LogP contribution in [0.2, 0.25) is 5.02 Å². The maximum absolute atomic E-state index is 11.5. The van der Waals surface area contributed by atoms with E-state index in [1.54, 1.807) is 6.92 Å². The minimum absolute atomic E-state index is 0.151. The quantitative estimate of drug-likeness (QED) is 0.601. The van der Waals surface area contributed by atoms with E-state index in [1.165, 1.54) is 19.2 Å². The molecular formula is C11H11ClO4. The molecule has 0 N–H and O–H groups in total. The number of esters is 1. The van der Waals surface area contributed by atoms with Gasteiger partial charge >= 0.3 is 5.97 Å². The van der Waals surface area contributed by atoms with Gasteiger partial charge in [-0.15, -0.1) is 0 Å². The molecule has 0 aliphatic heterocycles. The van der Waals surface area contributed by atoms with Crippen LogP contribution in [0, 0.1) is 0 Å². The van der Waals surface area contributed by atoms with Crippen LogP contribution in [0.25, 0.3) is 0 Å². The molecular weight excluding hydrogens is 232 g/mol. The number of ether oxygens (including phenoxy) is 2. The van der Waals surface area contributed by atoms with Gasteiger partial charge in [0, 0.05) is 5.56 Å². The molecule has 1 aromatic carbocycles. The highest BCUT2D eigenvalue weighted by Crippen LogP contribution is 2.27. The molecule has 0 aromatic heterocycles. The molecule has 16 heavy (non-hydrogen) atoms. The van der Waals surface area contributed by atoms with Crippen LogP contribution in [-0.4, -0.2) is 26.0 Å². The predicted molar refractivity (Wildman–Crippen MR) is 59.3 cm³/mol.